The van der Waals surface area contributed by atoms with E-state index in [1.54, 1.807) is 0 Å². The number of halogens is 1. The summed E-state index contributed by atoms with van der Waals surface area (Å²) in [6, 6.07) is 4.55. The molecule has 0 bridgehead atoms. The maximum atomic E-state index is 6.34. The summed E-state index contributed by atoms with van der Waals surface area (Å²) in [5, 5.41) is 0.713. The van der Waals surface area contributed by atoms with Crippen molar-refractivity contribution >= 4 is 17.3 Å². The zero-order valence-corrected chi connectivity index (χ0v) is 12.4. The number of allylic oxidation sites excluding steroid dienone is 1. The Labute approximate surface area is 121 Å². The number of hydrogen-bond donors (Lipinski definition) is 0. The summed E-state index contributed by atoms with van der Waals surface area (Å²) >= 11 is 6.34. The van der Waals surface area contributed by atoms with Crippen molar-refractivity contribution in [2.75, 3.05) is 11.4 Å². The molecule has 1 aromatic rings. The van der Waals surface area contributed by atoms with Gasteiger partial charge in [-0.15, -0.1) is 6.42 Å². The van der Waals surface area contributed by atoms with Crippen LogP contribution in [0.5, 0.6) is 0 Å². The van der Waals surface area contributed by atoms with E-state index in [-0.39, 0.29) is 0 Å². The monoisotopic (exact) mass is 273 g/mol. The third kappa shape index (κ3) is 2.80. The molecule has 1 aliphatic rings. The fourth-order valence-corrected chi connectivity index (χ4v) is 2.90. The Bertz CT molecular complexity index is 525. The van der Waals surface area contributed by atoms with Crippen molar-refractivity contribution < 1.29 is 0 Å². The normalized spacial score (nSPS) is 19.1. The second-order valence-corrected chi connectivity index (χ2v) is 5.33. The Balaban J connectivity index is 2.34. The fraction of sp³-hybridized carbons (Fsp3) is 0.412. The lowest BCUT2D eigenvalue weighted by Gasteiger charge is -2.27. The fourth-order valence-electron chi connectivity index (χ4n) is 2.68. The van der Waals surface area contributed by atoms with Crippen LogP contribution in [0, 0.1) is 19.3 Å². The van der Waals surface area contributed by atoms with Crippen LogP contribution in [-0.2, 0) is 0 Å². The van der Waals surface area contributed by atoms with Gasteiger partial charge in [-0.1, -0.05) is 36.6 Å². The summed E-state index contributed by atoms with van der Waals surface area (Å²) in [5.41, 5.74) is 3.09. The molecule has 1 aromatic carbocycles. The van der Waals surface area contributed by atoms with E-state index in [0.717, 1.165) is 24.1 Å². The molecule has 1 heterocycles. The maximum Gasteiger partial charge on any atom is 0.0612 e. The minimum Gasteiger partial charge on any atom is -0.365 e. The van der Waals surface area contributed by atoms with Gasteiger partial charge in [-0.25, -0.2) is 0 Å². The summed E-state index contributed by atoms with van der Waals surface area (Å²) in [6.45, 7) is 5.31. The molecule has 1 fully saturated rings. The molecule has 100 valence electrons. The first-order valence-electron chi connectivity index (χ1n) is 6.88. The van der Waals surface area contributed by atoms with Gasteiger partial charge in [0.25, 0.3) is 0 Å². The molecule has 0 aliphatic carbocycles. The summed E-state index contributed by atoms with van der Waals surface area (Å²) in [5.74, 6) is 2.63. The molecule has 0 N–H and O–H groups in total. The van der Waals surface area contributed by atoms with Gasteiger partial charge in [0.15, 0.2) is 0 Å². The molecule has 0 spiro atoms. The molecule has 0 aromatic heterocycles. The van der Waals surface area contributed by atoms with Gasteiger partial charge < -0.3 is 4.90 Å². The van der Waals surface area contributed by atoms with Gasteiger partial charge in [-0.2, -0.15) is 0 Å². The van der Waals surface area contributed by atoms with Crippen molar-refractivity contribution in [1.29, 1.82) is 0 Å². The van der Waals surface area contributed by atoms with E-state index in [0.29, 0.717) is 11.1 Å². The minimum absolute atomic E-state index is 0.492. The van der Waals surface area contributed by atoms with E-state index in [9.17, 15) is 0 Å². The second kappa shape index (κ2) is 6.17. The van der Waals surface area contributed by atoms with Crippen LogP contribution >= 0.6 is 11.6 Å². The highest BCUT2D eigenvalue weighted by Crippen LogP contribution is 2.34. The van der Waals surface area contributed by atoms with Gasteiger partial charge in [0.05, 0.1) is 5.02 Å². The minimum atomic E-state index is 0.492. The zero-order valence-electron chi connectivity index (χ0n) is 11.6. The largest absolute Gasteiger partial charge is 0.365 e. The number of rotatable bonds is 3. The van der Waals surface area contributed by atoms with E-state index in [1.165, 1.54) is 18.5 Å². The van der Waals surface area contributed by atoms with Crippen LogP contribution in [-0.4, -0.2) is 12.6 Å². The Morgan fingerprint density at radius 1 is 1.53 bits per heavy atom. The molecule has 1 nitrogen and oxygen atoms in total. The van der Waals surface area contributed by atoms with E-state index in [1.807, 2.05) is 6.07 Å². The molecule has 1 saturated heterocycles. The Kier molecular flexibility index (Phi) is 4.56. The summed E-state index contributed by atoms with van der Waals surface area (Å²) in [7, 11) is 0. The van der Waals surface area contributed by atoms with E-state index < -0.39 is 0 Å². The van der Waals surface area contributed by atoms with Crippen molar-refractivity contribution in [1.82, 2.24) is 0 Å². The number of terminal acetylenes is 1. The SMILES string of the molecule is C#Cc1ccc(N2CCCC2/C=C/CC)c(C)c1Cl. The van der Waals surface area contributed by atoms with Gasteiger partial charge in [0.1, 0.15) is 0 Å². The lowest BCUT2D eigenvalue weighted by Crippen LogP contribution is -2.28. The van der Waals surface area contributed by atoms with Crippen LogP contribution in [0.3, 0.4) is 0 Å². The molecule has 0 radical (unpaired) electrons. The van der Waals surface area contributed by atoms with Gasteiger partial charge in [0, 0.05) is 23.8 Å². The molecule has 1 aliphatic heterocycles. The van der Waals surface area contributed by atoms with Crippen molar-refractivity contribution in [2.45, 2.75) is 39.2 Å². The highest BCUT2D eigenvalue weighted by atomic mass is 35.5. The van der Waals surface area contributed by atoms with Crippen LogP contribution < -0.4 is 4.90 Å². The molecule has 1 unspecified atom stereocenters. The van der Waals surface area contributed by atoms with E-state index in [4.69, 9.17) is 18.0 Å². The predicted molar refractivity (Wildman–Crippen MR) is 83.9 cm³/mol. The quantitative estimate of drug-likeness (QED) is 0.576. The first-order valence-corrected chi connectivity index (χ1v) is 7.25. The van der Waals surface area contributed by atoms with Crippen LogP contribution in [0.1, 0.15) is 37.3 Å². The smallest absolute Gasteiger partial charge is 0.0612 e. The van der Waals surface area contributed by atoms with Gasteiger partial charge in [-0.3, -0.25) is 0 Å². The summed E-state index contributed by atoms with van der Waals surface area (Å²) in [6.07, 6.45) is 13.5. The third-order valence-corrected chi connectivity index (χ3v) is 4.20. The van der Waals surface area contributed by atoms with Crippen molar-refractivity contribution in [3.63, 3.8) is 0 Å². The Hall–Kier alpha value is -1.39. The molecule has 0 amide bonds. The van der Waals surface area contributed by atoms with Gasteiger partial charge in [-0.05, 0) is 43.9 Å². The lowest BCUT2D eigenvalue weighted by molar-refractivity contribution is 0.799. The molecular weight excluding hydrogens is 254 g/mol. The molecular formula is C17H20ClN. The number of hydrogen-bond acceptors (Lipinski definition) is 1. The highest BCUT2D eigenvalue weighted by molar-refractivity contribution is 6.32. The standard InChI is InChI=1S/C17H20ClN/c1-4-6-8-15-9-7-12-19(15)16-11-10-14(5-2)17(18)13(16)3/h2,6,8,10-11,15H,4,7,9,12H2,1,3H3/b8-6+. The van der Waals surface area contributed by atoms with Crippen LogP contribution in [0.25, 0.3) is 0 Å². The number of benzene rings is 1. The molecule has 0 saturated carbocycles. The Morgan fingerprint density at radius 3 is 3.00 bits per heavy atom. The lowest BCUT2D eigenvalue weighted by atomic mass is 10.1. The molecule has 2 rings (SSSR count). The Morgan fingerprint density at radius 2 is 2.32 bits per heavy atom. The molecule has 2 heteroatoms. The van der Waals surface area contributed by atoms with Crippen molar-refractivity contribution in [2.24, 2.45) is 0 Å². The summed E-state index contributed by atoms with van der Waals surface area (Å²) in [4.78, 5) is 2.44. The van der Waals surface area contributed by atoms with Crippen LogP contribution in [0.4, 0.5) is 5.69 Å². The molecule has 19 heavy (non-hydrogen) atoms. The van der Waals surface area contributed by atoms with Gasteiger partial charge in [0.2, 0.25) is 0 Å². The maximum absolute atomic E-state index is 6.34. The zero-order chi connectivity index (χ0) is 13.8. The number of nitrogens with zero attached hydrogens (tertiary/aromatic N) is 1. The average Bonchev–Trinajstić information content (AvgIpc) is 2.87. The first-order chi connectivity index (χ1) is 9.19. The highest BCUT2D eigenvalue weighted by Gasteiger charge is 2.24. The van der Waals surface area contributed by atoms with Crippen molar-refractivity contribution in [3.8, 4) is 12.3 Å². The third-order valence-electron chi connectivity index (χ3n) is 3.72. The van der Waals surface area contributed by atoms with Crippen LogP contribution in [0.2, 0.25) is 5.02 Å². The second-order valence-electron chi connectivity index (χ2n) is 4.95. The van der Waals surface area contributed by atoms with Gasteiger partial charge >= 0.3 is 0 Å². The molecule has 1 atom stereocenters. The predicted octanol–water partition coefficient (Wildman–Crippen LogP) is 4.56. The topological polar surface area (TPSA) is 3.24 Å². The first kappa shape index (κ1) is 14.0. The average molecular weight is 274 g/mol. The van der Waals surface area contributed by atoms with Crippen LogP contribution in [0.15, 0.2) is 24.3 Å². The summed E-state index contributed by atoms with van der Waals surface area (Å²) < 4.78 is 0. The van der Waals surface area contributed by atoms with E-state index in [2.05, 4.69) is 42.9 Å². The number of anilines is 1. The van der Waals surface area contributed by atoms with Crippen molar-refractivity contribution in [3.05, 3.63) is 40.4 Å². The van der Waals surface area contributed by atoms with E-state index >= 15 is 0 Å².